The van der Waals surface area contributed by atoms with E-state index in [9.17, 15) is 82.1 Å². The van der Waals surface area contributed by atoms with E-state index in [1.807, 2.05) is 49.4 Å². The summed E-state index contributed by atoms with van der Waals surface area (Å²) in [4.78, 5) is 46.8. The molecule has 1 aliphatic rings. The number of carboxylic acid groups (broad SMARTS) is 1. The molecule has 0 spiro atoms. The summed E-state index contributed by atoms with van der Waals surface area (Å²) in [7, 11) is 0. The maximum atomic E-state index is 13.0. The van der Waals surface area contributed by atoms with Crippen molar-refractivity contribution >= 4 is 91.6 Å². The van der Waals surface area contributed by atoms with Crippen LogP contribution in [0.2, 0.25) is 0 Å². The number of alkyl halides is 12. The smallest absolute Gasteiger partial charge is 0.430 e. The summed E-state index contributed by atoms with van der Waals surface area (Å²) in [5.74, 6) is -12.5. The maximum Gasteiger partial charge on any atom is 0.430 e. The minimum absolute atomic E-state index is 0.0809. The Hall–Kier alpha value is -1.67. The molecule has 68 heavy (non-hydrogen) atoms. The first kappa shape index (κ1) is 68.4. The number of rotatable bonds is 17. The third-order valence-electron chi connectivity index (χ3n) is 10.7. The van der Waals surface area contributed by atoms with Crippen molar-refractivity contribution in [2.75, 3.05) is 46.1 Å². The van der Waals surface area contributed by atoms with Gasteiger partial charge >= 0.3 is 42.6 Å². The Morgan fingerprint density at radius 2 is 1.13 bits per heavy atom. The highest BCUT2D eigenvalue weighted by atomic mass is 127. The number of quaternary nitrogens is 1. The molecule has 0 bridgehead atoms. The van der Waals surface area contributed by atoms with Crippen LogP contribution in [0, 0.1) is 27.0 Å². The fourth-order valence-electron chi connectivity index (χ4n) is 4.66. The van der Waals surface area contributed by atoms with Crippen LogP contribution in [0.15, 0.2) is 12.1 Å². The number of benzene rings is 1. The van der Waals surface area contributed by atoms with Gasteiger partial charge in [0.1, 0.15) is 26.2 Å². The number of carbonyl (C=O) groups is 4. The van der Waals surface area contributed by atoms with Gasteiger partial charge in [0.15, 0.2) is 12.2 Å². The number of carboxylic acids is 1. The molecule has 1 aromatic carbocycles. The zero-order valence-electron chi connectivity index (χ0n) is 39.3. The van der Waals surface area contributed by atoms with Crippen molar-refractivity contribution in [1.82, 2.24) is 0 Å². The van der Waals surface area contributed by atoms with Crippen molar-refractivity contribution in [2.45, 2.75) is 144 Å². The van der Waals surface area contributed by atoms with Gasteiger partial charge in [-0.1, -0.05) is 20.8 Å². The Morgan fingerprint density at radius 1 is 0.721 bits per heavy atom. The molecule has 0 saturated carbocycles. The Bertz CT molecular complexity index is 1770. The van der Waals surface area contributed by atoms with Crippen molar-refractivity contribution in [3.63, 3.8) is 0 Å². The topological polar surface area (TPSA) is 153 Å². The molecule has 0 unspecified atom stereocenters. The number of nitrogens with one attached hydrogen (secondary N) is 1. The molecular weight excluding hydrogens is 1290 g/mol. The normalized spacial score (nSPS) is 14.6. The highest BCUT2D eigenvalue weighted by Crippen LogP contribution is 2.51. The number of aliphatic hydroxyl groups is 1. The predicted molar refractivity (Wildman–Crippen MR) is 247 cm³/mol. The molecule has 0 aromatic heterocycles. The fraction of sp³-hybridized carbons (Fsp3) is 0.762. The lowest BCUT2D eigenvalue weighted by Crippen LogP contribution is -3.14. The van der Waals surface area contributed by atoms with Crippen LogP contribution in [0.25, 0.3) is 0 Å². The maximum absolute atomic E-state index is 13.0. The summed E-state index contributed by atoms with van der Waals surface area (Å²) in [6, 6.07) is 3.54. The molecule has 2 rings (SSSR count). The Kier molecular flexibility index (Phi) is 27.6. The Balaban J connectivity index is 0. The second kappa shape index (κ2) is 27.4. The van der Waals surface area contributed by atoms with E-state index >= 15 is 0 Å². The molecule has 0 atom stereocenters. The predicted octanol–water partition coefficient (Wildman–Crippen LogP) is 9.24. The zero-order chi connectivity index (χ0) is 54.3. The number of halogens is 15. The van der Waals surface area contributed by atoms with E-state index < -0.39 is 83.6 Å². The highest BCUT2D eigenvalue weighted by Gasteiger charge is 2.78. The Labute approximate surface area is 429 Å². The van der Waals surface area contributed by atoms with Crippen LogP contribution in [0.1, 0.15) is 112 Å². The summed E-state index contributed by atoms with van der Waals surface area (Å²) in [6.45, 7) is 18.7. The molecule has 2 N–H and O–H groups in total. The van der Waals surface area contributed by atoms with Gasteiger partial charge in [-0.15, -0.1) is 0 Å². The largest absolute Gasteiger partial charge is 0.545 e. The van der Waals surface area contributed by atoms with Crippen LogP contribution < -0.4 is 10.0 Å². The third kappa shape index (κ3) is 21.6. The average Bonchev–Trinajstić information content (AvgIpc) is 3.20. The summed E-state index contributed by atoms with van der Waals surface area (Å²) < 4.78 is 173. The van der Waals surface area contributed by atoms with Gasteiger partial charge in [-0.25, -0.2) is 26.3 Å². The van der Waals surface area contributed by atoms with Crippen molar-refractivity contribution in [1.29, 1.82) is 0 Å². The zero-order valence-corrected chi connectivity index (χ0v) is 45.8. The number of aromatic carboxylic acids is 1. The van der Waals surface area contributed by atoms with E-state index in [1.165, 1.54) is 39.5 Å². The second-order valence-corrected chi connectivity index (χ2v) is 21.3. The molecule has 398 valence electrons. The van der Waals surface area contributed by atoms with Gasteiger partial charge in [0.2, 0.25) is 0 Å². The molecular formula is C42H60F12I3NO10. The minimum atomic E-state index is -6.06. The minimum Gasteiger partial charge on any atom is -0.545 e. The monoisotopic (exact) mass is 1350 g/mol. The van der Waals surface area contributed by atoms with E-state index in [0.29, 0.717) is 26.9 Å². The molecule has 1 aliphatic heterocycles. The molecule has 11 nitrogen and oxygen atoms in total. The summed E-state index contributed by atoms with van der Waals surface area (Å²) in [6.07, 6.45) is -17.4. The molecule has 1 saturated heterocycles. The Morgan fingerprint density at radius 3 is 1.51 bits per heavy atom. The summed E-state index contributed by atoms with van der Waals surface area (Å²) >= 11 is 6.19. The highest BCUT2D eigenvalue weighted by molar-refractivity contribution is 14.1. The van der Waals surface area contributed by atoms with Gasteiger partial charge in [0, 0.05) is 16.3 Å². The second-order valence-electron chi connectivity index (χ2n) is 17.8. The quantitative estimate of drug-likeness (QED) is 0.0508. The van der Waals surface area contributed by atoms with Crippen molar-refractivity contribution in [3.8, 4) is 0 Å². The van der Waals surface area contributed by atoms with E-state index in [4.69, 9.17) is 9.47 Å². The SMILES string of the molecule is CCC(C)(C)C(=O)OC(C)(C)C(O)(C(F)(F)F)C(F)(F)F.CCC(C)(C)C(=O)OCC(F)(F)CC(F)(F)C(F)F.CCC(C)(C)C(=O)OCC[NH+]1CCOCC1.O=C([O-])c1cc(I)cc(I)c1I. The van der Waals surface area contributed by atoms with Crippen LogP contribution in [-0.2, 0) is 33.3 Å². The lowest BCUT2D eigenvalue weighted by molar-refractivity contribution is -0.908. The molecule has 0 amide bonds. The number of esters is 3. The molecule has 0 aliphatic carbocycles. The summed E-state index contributed by atoms with van der Waals surface area (Å²) in [5, 5.41) is 19.9. The first-order valence-electron chi connectivity index (χ1n) is 20.6. The van der Waals surface area contributed by atoms with Crippen LogP contribution in [0.3, 0.4) is 0 Å². The van der Waals surface area contributed by atoms with E-state index in [1.54, 1.807) is 13.0 Å². The lowest BCUT2D eigenvalue weighted by Gasteiger charge is -2.44. The van der Waals surface area contributed by atoms with E-state index in [2.05, 4.69) is 54.7 Å². The van der Waals surface area contributed by atoms with Crippen LogP contribution >= 0.6 is 67.8 Å². The molecule has 1 fully saturated rings. The van der Waals surface area contributed by atoms with Gasteiger partial charge in [0.25, 0.3) is 11.5 Å². The first-order valence-corrected chi connectivity index (χ1v) is 23.8. The van der Waals surface area contributed by atoms with Gasteiger partial charge in [-0.05, 0) is 155 Å². The number of hydrogen-bond donors (Lipinski definition) is 2. The molecule has 1 aromatic rings. The van der Waals surface area contributed by atoms with Crippen molar-refractivity contribution in [2.24, 2.45) is 16.2 Å². The standard InChI is InChI=1S/C12H18F6O3.C12H23NO3.C11H16F6O2.C7H3I3O2/c1-6-8(2,3)7(19)21-9(4,5)10(20,11(13,14)15)12(16,17)18;1-4-12(2,3)11(14)16-10-7-13-5-8-15-9-6-13;1-4-9(2,3)8(18)19-6-10(14,15)5-11(16,17)7(12)13;8-3-1-4(7(11)12)6(10)5(9)2-3/h20H,6H2,1-5H3;4-10H2,1-3H3;7H,4-6H2,1-3H3;1-2H,(H,11,12). The van der Waals surface area contributed by atoms with Gasteiger partial charge in [-0.3, -0.25) is 14.4 Å². The average molecular weight is 1350 g/mol. The molecule has 26 heteroatoms. The van der Waals surface area contributed by atoms with E-state index in [0.717, 1.165) is 50.0 Å². The third-order valence-corrected chi connectivity index (χ3v) is 14.3. The van der Waals surface area contributed by atoms with Crippen LogP contribution in [0.4, 0.5) is 52.7 Å². The van der Waals surface area contributed by atoms with Crippen molar-refractivity contribution < 1.29 is 106 Å². The fourth-order valence-corrected chi connectivity index (χ4v) is 7.03. The number of carbonyl (C=O) groups excluding carboxylic acids is 4. The molecule has 1 heterocycles. The van der Waals surface area contributed by atoms with Gasteiger partial charge in [-0.2, -0.15) is 26.3 Å². The number of ether oxygens (including phenoxy) is 4. The van der Waals surface area contributed by atoms with Crippen LogP contribution in [-0.4, -0.2) is 117 Å². The van der Waals surface area contributed by atoms with Gasteiger partial charge < -0.3 is 38.9 Å². The van der Waals surface area contributed by atoms with Crippen molar-refractivity contribution in [3.05, 3.63) is 28.4 Å². The van der Waals surface area contributed by atoms with Gasteiger partial charge in [0.05, 0.1) is 41.8 Å². The number of hydrogen-bond acceptors (Lipinski definition) is 10. The van der Waals surface area contributed by atoms with Crippen LogP contribution in [0.5, 0.6) is 0 Å². The number of morpholine rings is 1. The summed E-state index contributed by atoms with van der Waals surface area (Å²) in [5.41, 5.74) is -10.8. The lowest BCUT2D eigenvalue weighted by atomic mass is 9.83. The molecule has 0 radical (unpaired) electrons. The first-order chi connectivity index (χ1) is 30.4. The van der Waals surface area contributed by atoms with E-state index in [-0.39, 0.29) is 23.4 Å².